The summed E-state index contributed by atoms with van der Waals surface area (Å²) < 4.78 is 60.1. The van der Waals surface area contributed by atoms with Crippen molar-refractivity contribution in [2.45, 2.75) is 51.4 Å². The predicted octanol–water partition coefficient (Wildman–Crippen LogP) is 5.70. The van der Waals surface area contributed by atoms with Gasteiger partial charge in [0.1, 0.15) is 18.3 Å². The molecule has 0 unspecified atom stereocenters. The molecule has 1 aromatic carbocycles. The van der Waals surface area contributed by atoms with Crippen molar-refractivity contribution >= 4 is 35.4 Å². The second-order valence-corrected chi connectivity index (χ2v) is 13.8. The Balaban J connectivity index is 1.68. The van der Waals surface area contributed by atoms with Crippen molar-refractivity contribution in [2.24, 2.45) is 0 Å². The Morgan fingerprint density at radius 3 is 2.62 bits per heavy atom. The minimum Gasteiger partial charge on any atom is -0.444 e. The van der Waals surface area contributed by atoms with Gasteiger partial charge in [0.2, 0.25) is 5.95 Å². The summed E-state index contributed by atoms with van der Waals surface area (Å²) in [4.78, 5) is 25.3. The Morgan fingerprint density at radius 1 is 1.24 bits per heavy atom. The summed E-state index contributed by atoms with van der Waals surface area (Å²) in [6, 6.07) is 4.80. The van der Waals surface area contributed by atoms with E-state index in [0.29, 0.717) is 42.1 Å². The van der Waals surface area contributed by atoms with Crippen LogP contribution in [0.5, 0.6) is 0 Å². The molecule has 1 saturated heterocycles. The lowest BCUT2D eigenvalue weighted by Gasteiger charge is -2.34. The first kappa shape index (κ1) is 27.0. The molecule has 1 amide bonds. The zero-order chi connectivity index (χ0) is 27.2. The number of benzene rings is 1. The van der Waals surface area contributed by atoms with Crippen molar-refractivity contribution in [3.05, 3.63) is 36.2 Å². The Kier molecular flexibility index (Phi) is 7.05. The number of ether oxygens (including phenoxy) is 1. The standard InChI is InChI=1S/C25H31F3N5O3P/c1-24(2,3)36-23(34)33-11-7-8-15(14-33)31-22-30-13-18(25(26,27)28)20(32-22)17-12-29-21-16(17)9-6-10-19(21)37(4,5)35/h6,9-10,12-13,15,29H,7-8,11,14H2,1-5H3,(H,30,31,32)/t15-/m1/s1. The van der Waals surface area contributed by atoms with Gasteiger partial charge in [-0.25, -0.2) is 14.8 Å². The first-order chi connectivity index (χ1) is 17.1. The van der Waals surface area contributed by atoms with Gasteiger partial charge in [-0.05, 0) is 53.0 Å². The van der Waals surface area contributed by atoms with E-state index in [2.05, 4.69) is 20.3 Å². The fourth-order valence-corrected chi connectivity index (χ4v) is 5.59. The molecule has 1 aliphatic rings. The van der Waals surface area contributed by atoms with E-state index in [1.807, 2.05) is 0 Å². The van der Waals surface area contributed by atoms with E-state index in [0.717, 1.165) is 6.20 Å². The van der Waals surface area contributed by atoms with Crippen LogP contribution in [0.15, 0.2) is 30.6 Å². The van der Waals surface area contributed by atoms with Gasteiger partial charge in [-0.1, -0.05) is 12.1 Å². The van der Waals surface area contributed by atoms with Gasteiger partial charge in [-0.15, -0.1) is 0 Å². The Labute approximate surface area is 213 Å². The normalized spacial score (nSPS) is 17.2. The molecule has 4 rings (SSSR count). The molecule has 0 radical (unpaired) electrons. The molecule has 0 saturated carbocycles. The highest BCUT2D eigenvalue weighted by atomic mass is 31.2. The molecule has 2 N–H and O–H groups in total. The van der Waals surface area contributed by atoms with Gasteiger partial charge in [0.05, 0.1) is 11.2 Å². The maximum atomic E-state index is 14.0. The summed E-state index contributed by atoms with van der Waals surface area (Å²) >= 11 is 0. The average Bonchev–Trinajstić information content (AvgIpc) is 3.21. The van der Waals surface area contributed by atoms with E-state index >= 15 is 0 Å². The van der Waals surface area contributed by atoms with Crippen LogP contribution in [0.4, 0.5) is 23.9 Å². The van der Waals surface area contributed by atoms with E-state index in [4.69, 9.17) is 4.74 Å². The van der Waals surface area contributed by atoms with Crippen LogP contribution in [-0.4, -0.2) is 64.0 Å². The number of nitrogens with one attached hydrogen (secondary N) is 2. The van der Waals surface area contributed by atoms with Crippen LogP contribution in [0, 0.1) is 0 Å². The van der Waals surface area contributed by atoms with Crippen LogP contribution in [-0.2, 0) is 15.5 Å². The summed E-state index contributed by atoms with van der Waals surface area (Å²) in [5, 5.41) is 4.15. The topological polar surface area (TPSA) is 100 Å². The van der Waals surface area contributed by atoms with Crippen molar-refractivity contribution in [3.8, 4) is 11.3 Å². The molecular weight excluding hydrogens is 506 g/mol. The summed E-state index contributed by atoms with van der Waals surface area (Å²) in [5.41, 5.74) is -1.13. The number of alkyl halides is 3. The lowest BCUT2D eigenvalue weighted by molar-refractivity contribution is -0.137. The number of carbonyl (C=O) groups excluding carboxylic acids is 1. The van der Waals surface area contributed by atoms with Crippen LogP contribution in [0.1, 0.15) is 39.2 Å². The van der Waals surface area contributed by atoms with Gasteiger partial charge < -0.3 is 24.5 Å². The number of hydrogen-bond donors (Lipinski definition) is 2. The van der Waals surface area contributed by atoms with Crippen LogP contribution >= 0.6 is 7.14 Å². The molecule has 2 aromatic heterocycles. The first-order valence-corrected chi connectivity index (χ1v) is 14.6. The quantitative estimate of drug-likeness (QED) is 0.414. The van der Waals surface area contributed by atoms with E-state index < -0.39 is 30.6 Å². The Bertz CT molecular complexity index is 1360. The molecule has 8 nitrogen and oxygen atoms in total. The molecule has 1 atom stereocenters. The fraction of sp³-hybridized carbons (Fsp3) is 0.480. The monoisotopic (exact) mass is 537 g/mol. The molecule has 0 spiro atoms. The maximum absolute atomic E-state index is 14.0. The maximum Gasteiger partial charge on any atom is 0.419 e. The summed E-state index contributed by atoms with van der Waals surface area (Å²) in [6.07, 6.45) is -1.51. The molecule has 12 heteroatoms. The van der Waals surface area contributed by atoms with Gasteiger partial charge >= 0.3 is 12.3 Å². The molecule has 200 valence electrons. The molecule has 3 heterocycles. The number of rotatable bonds is 4. The Morgan fingerprint density at radius 2 is 1.97 bits per heavy atom. The molecule has 0 bridgehead atoms. The number of likely N-dealkylation sites (tertiary alicyclic amines) is 1. The number of amides is 1. The molecule has 37 heavy (non-hydrogen) atoms. The number of piperidine rings is 1. The number of aromatic nitrogens is 3. The minimum absolute atomic E-state index is 0.0289. The van der Waals surface area contributed by atoms with Crippen molar-refractivity contribution < 1.29 is 27.3 Å². The molecular formula is C25H31F3N5O3P. The third kappa shape index (κ3) is 6.09. The smallest absolute Gasteiger partial charge is 0.419 e. The van der Waals surface area contributed by atoms with Gasteiger partial charge in [0.15, 0.2) is 0 Å². The largest absolute Gasteiger partial charge is 0.444 e. The molecule has 1 fully saturated rings. The lowest BCUT2D eigenvalue weighted by atomic mass is 10.1. The highest BCUT2D eigenvalue weighted by molar-refractivity contribution is 7.70. The second kappa shape index (κ2) is 9.67. The van der Waals surface area contributed by atoms with Crippen LogP contribution in [0.25, 0.3) is 22.2 Å². The van der Waals surface area contributed by atoms with Crippen LogP contribution in [0.3, 0.4) is 0 Å². The highest BCUT2D eigenvalue weighted by Gasteiger charge is 2.37. The number of H-pyrrole nitrogens is 1. The number of para-hydroxylation sites is 1. The van der Waals surface area contributed by atoms with Crippen LogP contribution < -0.4 is 10.6 Å². The first-order valence-electron chi connectivity index (χ1n) is 12.0. The zero-order valence-electron chi connectivity index (χ0n) is 21.4. The summed E-state index contributed by atoms with van der Waals surface area (Å²) in [6.45, 7) is 9.43. The number of anilines is 1. The number of carbonyl (C=O) groups is 1. The SMILES string of the molecule is CC(C)(C)OC(=O)N1CCC[C@@H](Nc2ncc(C(F)(F)F)c(-c3c[nH]c4c(P(C)(C)=O)cccc34)n2)C1. The predicted molar refractivity (Wildman–Crippen MR) is 138 cm³/mol. The number of nitrogens with zero attached hydrogens (tertiary/aromatic N) is 3. The van der Waals surface area contributed by atoms with E-state index in [9.17, 15) is 22.5 Å². The molecule has 3 aromatic rings. The highest BCUT2D eigenvalue weighted by Crippen LogP contribution is 2.42. The van der Waals surface area contributed by atoms with E-state index in [-0.39, 0.29) is 23.2 Å². The zero-order valence-corrected chi connectivity index (χ0v) is 22.3. The lowest BCUT2D eigenvalue weighted by Crippen LogP contribution is -2.47. The van der Waals surface area contributed by atoms with Crippen molar-refractivity contribution in [1.29, 1.82) is 0 Å². The second-order valence-electron chi connectivity index (χ2n) is 10.6. The Hall–Kier alpha value is -3.07. The summed E-state index contributed by atoms with van der Waals surface area (Å²) in [7, 11) is -2.69. The van der Waals surface area contributed by atoms with Gasteiger partial charge in [0, 0.05) is 47.8 Å². The number of fused-ring (bicyclic) bond motifs is 1. The third-order valence-electron chi connectivity index (χ3n) is 6.03. The van der Waals surface area contributed by atoms with E-state index in [1.54, 1.807) is 57.2 Å². The minimum atomic E-state index is -4.68. The van der Waals surface area contributed by atoms with Crippen molar-refractivity contribution in [2.75, 3.05) is 31.7 Å². The third-order valence-corrected chi connectivity index (χ3v) is 7.56. The number of halogens is 3. The van der Waals surface area contributed by atoms with Crippen LogP contribution in [0.2, 0.25) is 0 Å². The van der Waals surface area contributed by atoms with Gasteiger partial charge in [-0.2, -0.15) is 13.2 Å². The van der Waals surface area contributed by atoms with E-state index in [1.165, 1.54) is 6.20 Å². The fourth-order valence-electron chi connectivity index (χ4n) is 4.42. The van der Waals surface area contributed by atoms with Gasteiger partial charge in [0.25, 0.3) is 0 Å². The number of hydrogen-bond acceptors (Lipinski definition) is 6. The summed E-state index contributed by atoms with van der Waals surface area (Å²) in [5.74, 6) is 0.0289. The van der Waals surface area contributed by atoms with Crippen molar-refractivity contribution in [1.82, 2.24) is 19.9 Å². The van der Waals surface area contributed by atoms with Crippen molar-refractivity contribution in [3.63, 3.8) is 0 Å². The van der Waals surface area contributed by atoms with Gasteiger partial charge in [-0.3, -0.25) is 0 Å². The number of aromatic amines is 1. The average molecular weight is 538 g/mol. The molecule has 1 aliphatic heterocycles. The molecule has 0 aliphatic carbocycles.